The highest BCUT2D eigenvalue weighted by molar-refractivity contribution is 6.12. The van der Waals surface area contributed by atoms with Crippen LogP contribution in [-0.4, -0.2) is 4.57 Å². The van der Waals surface area contributed by atoms with Crippen molar-refractivity contribution < 1.29 is 0 Å². The molecule has 0 aliphatic heterocycles. The van der Waals surface area contributed by atoms with Crippen LogP contribution >= 0.6 is 0 Å². The van der Waals surface area contributed by atoms with Gasteiger partial charge in [-0.25, -0.2) is 0 Å². The summed E-state index contributed by atoms with van der Waals surface area (Å²) in [4.78, 5) is 0. The van der Waals surface area contributed by atoms with Crippen LogP contribution in [0.1, 0.15) is 25.3 Å². The number of hydrogen-bond donors (Lipinski definition) is 0. The van der Waals surface area contributed by atoms with Gasteiger partial charge in [-0.15, -0.1) is 0 Å². The molecule has 0 unspecified atom stereocenters. The molecule has 0 saturated carbocycles. The fraction of sp³-hybridized carbons (Fsp3) is 0.0811. The van der Waals surface area contributed by atoms with Crippen molar-refractivity contribution in [2.24, 2.45) is 0 Å². The molecule has 1 heterocycles. The van der Waals surface area contributed by atoms with Gasteiger partial charge >= 0.3 is 0 Å². The van der Waals surface area contributed by atoms with Crippen molar-refractivity contribution in [1.29, 1.82) is 0 Å². The van der Waals surface area contributed by atoms with Crippen LogP contribution in [0.5, 0.6) is 0 Å². The van der Waals surface area contributed by atoms with Crippen LogP contribution < -0.4 is 0 Å². The predicted octanol–water partition coefficient (Wildman–Crippen LogP) is 10.4. The van der Waals surface area contributed by atoms with Crippen LogP contribution in [0.3, 0.4) is 0 Å². The van der Waals surface area contributed by atoms with E-state index in [9.17, 15) is 0 Å². The highest BCUT2D eigenvalue weighted by atomic mass is 15.0. The van der Waals surface area contributed by atoms with E-state index in [1.807, 2.05) is 0 Å². The van der Waals surface area contributed by atoms with Gasteiger partial charge in [-0.2, -0.15) is 0 Å². The van der Waals surface area contributed by atoms with Crippen molar-refractivity contribution in [3.63, 3.8) is 0 Å². The van der Waals surface area contributed by atoms with Crippen LogP contribution in [0.2, 0.25) is 0 Å². The molecule has 0 N–H and O–H groups in total. The van der Waals surface area contributed by atoms with E-state index in [0.717, 1.165) is 0 Å². The zero-order valence-electron chi connectivity index (χ0n) is 21.7. The Morgan fingerprint density at radius 3 is 1.68 bits per heavy atom. The van der Waals surface area contributed by atoms with Gasteiger partial charge in [-0.1, -0.05) is 117 Å². The van der Waals surface area contributed by atoms with E-state index >= 15 is 0 Å². The van der Waals surface area contributed by atoms with Crippen LogP contribution in [0, 0.1) is 0 Å². The lowest BCUT2D eigenvalue weighted by atomic mass is 9.91. The summed E-state index contributed by atoms with van der Waals surface area (Å²) in [6.45, 7) is 4.49. The Bertz CT molecular complexity index is 1920. The number of aromatic nitrogens is 1. The molecule has 0 saturated heterocycles. The average molecular weight is 488 g/mol. The molecule has 182 valence electrons. The standard InChI is InChI=1S/C37H29N/c1-25(2)26-16-18-27(19-17-26)30-21-22-31(33-13-7-6-12-32(30)33)28-20-23-37-35(24-28)34-14-8-9-15-36(34)38(37)29-10-4-3-5-11-29/h3-25H,1-2H3. The third-order valence-electron chi connectivity index (χ3n) is 7.81. The molecule has 0 radical (unpaired) electrons. The monoisotopic (exact) mass is 487 g/mol. The van der Waals surface area contributed by atoms with Gasteiger partial charge < -0.3 is 4.57 Å². The van der Waals surface area contributed by atoms with Gasteiger partial charge in [0.15, 0.2) is 0 Å². The molecule has 0 bridgehead atoms. The van der Waals surface area contributed by atoms with E-state index in [1.54, 1.807) is 0 Å². The fourth-order valence-electron chi connectivity index (χ4n) is 5.85. The molecular weight excluding hydrogens is 458 g/mol. The van der Waals surface area contributed by atoms with Crippen molar-refractivity contribution >= 4 is 32.6 Å². The van der Waals surface area contributed by atoms with Gasteiger partial charge in [0, 0.05) is 16.5 Å². The van der Waals surface area contributed by atoms with Crippen LogP contribution in [0.15, 0.2) is 133 Å². The largest absolute Gasteiger partial charge is 0.309 e. The number of benzene rings is 6. The van der Waals surface area contributed by atoms with E-state index in [-0.39, 0.29) is 0 Å². The number of fused-ring (bicyclic) bond motifs is 4. The Labute approximate surface area is 223 Å². The summed E-state index contributed by atoms with van der Waals surface area (Å²) < 4.78 is 2.37. The zero-order valence-corrected chi connectivity index (χ0v) is 21.7. The molecule has 0 aliphatic rings. The van der Waals surface area contributed by atoms with Gasteiger partial charge in [0.1, 0.15) is 0 Å². The third-order valence-corrected chi connectivity index (χ3v) is 7.81. The van der Waals surface area contributed by atoms with Crippen LogP contribution in [-0.2, 0) is 0 Å². The van der Waals surface area contributed by atoms with Crippen LogP contribution in [0.4, 0.5) is 0 Å². The fourth-order valence-corrected chi connectivity index (χ4v) is 5.85. The van der Waals surface area contributed by atoms with Crippen LogP contribution in [0.25, 0.3) is 60.5 Å². The Balaban J connectivity index is 1.42. The Morgan fingerprint density at radius 2 is 1.00 bits per heavy atom. The Kier molecular flexibility index (Phi) is 5.37. The maximum atomic E-state index is 2.37. The lowest BCUT2D eigenvalue weighted by molar-refractivity contribution is 0.867. The van der Waals surface area contributed by atoms with Gasteiger partial charge in [0.2, 0.25) is 0 Å². The summed E-state index contributed by atoms with van der Waals surface area (Å²) in [5.41, 5.74) is 10.1. The molecule has 38 heavy (non-hydrogen) atoms. The number of rotatable bonds is 4. The zero-order chi connectivity index (χ0) is 25.6. The van der Waals surface area contributed by atoms with Gasteiger partial charge in [0.25, 0.3) is 0 Å². The van der Waals surface area contributed by atoms with Crippen molar-refractivity contribution in [2.75, 3.05) is 0 Å². The SMILES string of the molecule is CC(C)c1ccc(-c2ccc(-c3ccc4c(c3)c3ccccc3n4-c3ccccc3)c3ccccc23)cc1. The molecule has 0 fully saturated rings. The first-order valence-corrected chi connectivity index (χ1v) is 13.4. The normalized spacial score (nSPS) is 11.7. The maximum absolute atomic E-state index is 2.37. The first kappa shape index (κ1) is 22.6. The van der Waals surface area contributed by atoms with Crippen molar-refractivity contribution in [2.45, 2.75) is 19.8 Å². The van der Waals surface area contributed by atoms with Gasteiger partial charge in [-0.05, 0) is 74.8 Å². The second kappa shape index (κ2) is 9.04. The molecular formula is C37H29N. The molecule has 0 atom stereocenters. The molecule has 0 aliphatic carbocycles. The van der Waals surface area contributed by atoms with E-state index in [1.165, 1.54) is 66.1 Å². The van der Waals surface area contributed by atoms with Gasteiger partial charge in [-0.3, -0.25) is 0 Å². The molecule has 0 amide bonds. The summed E-state index contributed by atoms with van der Waals surface area (Å²) >= 11 is 0. The first-order valence-electron chi connectivity index (χ1n) is 13.4. The second-order valence-electron chi connectivity index (χ2n) is 10.4. The summed E-state index contributed by atoms with van der Waals surface area (Å²) in [5, 5.41) is 5.12. The highest BCUT2D eigenvalue weighted by Gasteiger charge is 2.15. The minimum absolute atomic E-state index is 0.533. The lowest BCUT2D eigenvalue weighted by Crippen LogP contribution is -1.93. The molecule has 0 spiro atoms. The molecule has 1 nitrogen and oxygen atoms in total. The van der Waals surface area contributed by atoms with E-state index in [2.05, 4.69) is 152 Å². The van der Waals surface area contributed by atoms with Gasteiger partial charge in [0.05, 0.1) is 11.0 Å². The summed E-state index contributed by atoms with van der Waals surface area (Å²) in [6, 6.07) is 48.8. The summed E-state index contributed by atoms with van der Waals surface area (Å²) in [6.07, 6.45) is 0. The quantitative estimate of drug-likeness (QED) is 0.233. The van der Waals surface area contributed by atoms with E-state index < -0.39 is 0 Å². The van der Waals surface area contributed by atoms with Crippen molar-refractivity contribution in [1.82, 2.24) is 4.57 Å². The molecule has 6 aromatic carbocycles. The molecule has 7 aromatic rings. The summed E-state index contributed by atoms with van der Waals surface area (Å²) in [5.74, 6) is 0.533. The Hall–Kier alpha value is -4.62. The predicted molar refractivity (Wildman–Crippen MR) is 163 cm³/mol. The summed E-state index contributed by atoms with van der Waals surface area (Å²) in [7, 11) is 0. The maximum Gasteiger partial charge on any atom is 0.0541 e. The Morgan fingerprint density at radius 1 is 0.447 bits per heavy atom. The topological polar surface area (TPSA) is 4.93 Å². The molecule has 7 rings (SSSR count). The van der Waals surface area contributed by atoms with Crippen molar-refractivity contribution in [3.05, 3.63) is 139 Å². The molecule has 1 heteroatoms. The van der Waals surface area contributed by atoms with E-state index in [0.29, 0.717) is 5.92 Å². The highest BCUT2D eigenvalue weighted by Crippen LogP contribution is 2.39. The molecule has 1 aromatic heterocycles. The number of para-hydroxylation sites is 2. The minimum Gasteiger partial charge on any atom is -0.309 e. The third kappa shape index (κ3) is 3.63. The first-order chi connectivity index (χ1) is 18.7. The minimum atomic E-state index is 0.533. The second-order valence-corrected chi connectivity index (χ2v) is 10.4. The smallest absolute Gasteiger partial charge is 0.0541 e. The lowest BCUT2D eigenvalue weighted by Gasteiger charge is -2.14. The van der Waals surface area contributed by atoms with Crippen molar-refractivity contribution in [3.8, 4) is 27.9 Å². The average Bonchev–Trinajstić information content (AvgIpc) is 3.31. The number of hydrogen-bond acceptors (Lipinski definition) is 0. The number of nitrogens with zero attached hydrogens (tertiary/aromatic N) is 1. The van der Waals surface area contributed by atoms with E-state index in [4.69, 9.17) is 0 Å².